The van der Waals surface area contributed by atoms with Crippen molar-refractivity contribution in [3.05, 3.63) is 75.0 Å². The van der Waals surface area contributed by atoms with E-state index in [1.165, 1.54) is 12.1 Å². The second-order valence-corrected chi connectivity index (χ2v) is 6.96. The Kier molecular flexibility index (Phi) is 5.09. The molecule has 154 valence electrons. The maximum Gasteiger partial charge on any atom is 0.336 e. The van der Waals surface area contributed by atoms with E-state index >= 15 is 0 Å². The third kappa shape index (κ3) is 3.82. The highest BCUT2D eigenvalue weighted by Gasteiger charge is 2.33. The van der Waals surface area contributed by atoms with Gasteiger partial charge < -0.3 is 19.5 Å². The molecule has 1 N–H and O–H groups in total. The molecular formula is C21H18N2O7. The van der Waals surface area contributed by atoms with E-state index in [1.54, 1.807) is 37.3 Å². The van der Waals surface area contributed by atoms with Crippen LogP contribution in [0.1, 0.15) is 30.4 Å². The molecule has 0 saturated carbocycles. The summed E-state index contributed by atoms with van der Waals surface area (Å²) in [5.74, 6) is -0.120. The van der Waals surface area contributed by atoms with Gasteiger partial charge in [-0.3, -0.25) is 14.9 Å². The second-order valence-electron chi connectivity index (χ2n) is 6.96. The Morgan fingerprint density at radius 1 is 1.20 bits per heavy atom. The molecule has 4 rings (SSSR count). The van der Waals surface area contributed by atoms with E-state index < -0.39 is 16.8 Å². The summed E-state index contributed by atoms with van der Waals surface area (Å²) in [6, 6.07) is 11.1. The number of esters is 1. The number of nitrogens with zero attached hydrogens (tertiary/aromatic N) is 1. The molecule has 0 spiro atoms. The lowest BCUT2D eigenvalue weighted by atomic mass is 9.84. The van der Waals surface area contributed by atoms with Crippen molar-refractivity contribution in [2.24, 2.45) is 0 Å². The lowest BCUT2D eigenvalue weighted by molar-refractivity contribution is -0.384. The second kappa shape index (κ2) is 7.86. The van der Waals surface area contributed by atoms with Crippen LogP contribution in [-0.4, -0.2) is 23.6 Å². The van der Waals surface area contributed by atoms with Gasteiger partial charge in [-0.2, -0.15) is 0 Å². The van der Waals surface area contributed by atoms with Crippen molar-refractivity contribution < 1.29 is 28.7 Å². The Morgan fingerprint density at radius 3 is 2.67 bits per heavy atom. The summed E-state index contributed by atoms with van der Waals surface area (Å²) in [4.78, 5) is 35.3. The maximum absolute atomic E-state index is 12.9. The summed E-state index contributed by atoms with van der Waals surface area (Å²) in [6.45, 7) is 1.81. The molecule has 9 nitrogen and oxygen atoms in total. The molecule has 2 heterocycles. The SMILES string of the molecule is CC1=C(C(=O)OCc2ccc3c(c2)OCO3)[C@@H](c2ccc([N+](=O)[O-])cc2)CC(=O)N1. The number of amides is 1. The normalized spacial score (nSPS) is 17.5. The zero-order valence-corrected chi connectivity index (χ0v) is 16.0. The predicted octanol–water partition coefficient (Wildman–Crippen LogP) is 2.94. The minimum atomic E-state index is -0.562. The average Bonchev–Trinajstić information content (AvgIpc) is 3.19. The molecule has 0 radical (unpaired) electrons. The van der Waals surface area contributed by atoms with Crippen molar-refractivity contribution in [3.63, 3.8) is 0 Å². The van der Waals surface area contributed by atoms with Crippen LogP contribution in [0.4, 0.5) is 5.69 Å². The van der Waals surface area contributed by atoms with Crippen LogP contribution in [0.2, 0.25) is 0 Å². The fourth-order valence-corrected chi connectivity index (χ4v) is 3.54. The fourth-order valence-electron chi connectivity index (χ4n) is 3.54. The summed E-state index contributed by atoms with van der Waals surface area (Å²) >= 11 is 0. The van der Waals surface area contributed by atoms with Crippen molar-refractivity contribution in [2.45, 2.75) is 25.9 Å². The van der Waals surface area contributed by atoms with Crippen molar-refractivity contribution in [1.82, 2.24) is 5.32 Å². The molecule has 2 aromatic rings. The van der Waals surface area contributed by atoms with Gasteiger partial charge in [0.1, 0.15) is 6.61 Å². The molecule has 0 aliphatic carbocycles. The van der Waals surface area contributed by atoms with E-state index in [0.29, 0.717) is 28.3 Å². The molecule has 2 aromatic carbocycles. The number of carbonyl (C=O) groups excluding carboxylic acids is 2. The highest BCUT2D eigenvalue weighted by molar-refractivity contribution is 5.95. The number of hydrogen-bond acceptors (Lipinski definition) is 7. The van der Waals surface area contributed by atoms with Gasteiger partial charge in [0.25, 0.3) is 5.69 Å². The van der Waals surface area contributed by atoms with Gasteiger partial charge in [-0.15, -0.1) is 0 Å². The molecule has 2 aliphatic rings. The van der Waals surface area contributed by atoms with Crippen LogP contribution in [0.3, 0.4) is 0 Å². The maximum atomic E-state index is 12.9. The number of benzene rings is 2. The van der Waals surface area contributed by atoms with Crippen LogP contribution in [-0.2, 0) is 20.9 Å². The molecular weight excluding hydrogens is 392 g/mol. The van der Waals surface area contributed by atoms with Gasteiger partial charge in [-0.1, -0.05) is 18.2 Å². The minimum absolute atomic E-state index is 0.0210. The Hall–Kier alpha value is -3.88. The monoisotopic (exact) mass is 410 g/mol. The lowest BCUT2D eigenvalue weighted by Gasteiger charge is -2.26. The zero-order valence-electron chi connectivity index (χ0n) is 16.0. The third-order valence-electron chi connectivity index (χ3n) is 5.00. The summed E-state index contributed by atoms with van der Waals surface area (Å²) in [5, 5.41) is 13.6. The third-order valence-corrected chi connectivity index (χ3v) is 5.00. The quantitative estimate of drug-likeness (QED) is 0.457. The number of hydrogen-bond donors (Lipinski definition) is 1. The van der Waals surface area contributed by atoms with Crippen LogP contribution in [0.5, 0.6) is 11.5 Å². The molecule has 2 aliphatic heterocycles. The van der Waals surface area contributed by atoms with Gasteiger partial charge in [0, 0.05) is 30.2 Å². The molecule has 9 heteroatoms. The van der Waals surface area contributed by atoms with Crippen LogP contribution in [0.25, 0.3) is 0 Å². The number of allylic oxidation sites excluding steroid dienone is 1. The number of nitro groups is 1. The summed E-state index contributed by atoms with van der Waals surface area (Å²) in [6.07, 6.45) is 0.0452. The Balaban J connectivity index is 1.54. The smallest absolute Gasteiger partial charge is 0.336 e. The molecule has 0 bridgehead atoms. The molecule has 0 aromatic heterocycles. The van der Waals surface area contributed by atoms with Gasteiger partial charge in [0.15, 0.2) is 11.5 Å². The van der Waals surface area contributed by atoms with Gasteiger partial charge in [-0.25, -0.2) is 4.79 Å². The summed E-state index contributed by atoms with van der Waals surface area (Å²) in [5.41, 5.74) is 2.03. The summed E-state index contributed by atoms with van der Waals surface area (Å²) in [7, 11) is 0. The number of ether oxygens (including phenoxy) is 3. The van der Waals surface area contributed by atoms with Crippen molar-refractivity contribution in [2.75, 3.05) is 6.79 Å². The predicted molar refractivity (Wildman–Crippen MR) is 104 cm³/mol. The highest BCUT2D eigenvalue weighted by atomic mass is 16.7. The van der Waals surface area contributed by atoms with Gasteiger partial charge in [-0.05, 0) is 30.2 Å². The number of carbonyl (C=O) groups is 2. The van der Waals surface area contributed by atoms with Crippen LogP contribution in [0.15, 0.2) is 53.7 Å². The largest absolute Gasteiger partial charge is 0.457 e. The zero-order chi connectivity index (χ0) is 21.3. The van der Waals surface area contributed by atoms with Crippen molar-refractivity contribution >= 4 is 17.6 Å². The van der Waals surface area contributed by atoms with Crippen molar-refractivity contribution in [1.29, 1.82) is 0 Å². The standard InChI is InChI=1S/C21H18N2O7/c1-12-20(21(25)28-10-13-2-7-17-18(8-13)30-11-29-17)16(9-19(24)22-12)14-3-5-15(6-4-14)23(26)27/h2-8,16H,9-11H2,1H3,(H,22,24)/t16-/m1/s1. The molecule has 0 saturated heterocycles. The van der Waals surface area contributed by atoms with Gasteiger partial charge in [0.05, 0.1) is 10.5 Å². The first-order valence-electron chi connectivity index (χ1n) is 9.23. The van der Waals surface area contributed by atoms with Crippen LogP contribution in [0, 0.1) is 10.1 Å². The van der Waals surface area contributed by atoms with E-state index in [1.807, 2.05) is 0 Å². The van der Waals surface area contributed by atoms with E-state index in [2.05, 4.69) is 5.32 Å². The fraction of sp³-hybridized carbons (Fsp3) is 0.238. The lowest BCUT2D eigenvalue weighted by Crippen LogP contribution is -2.34. The van der Waals surface area contributed by atoms with Gasteiger partial charge >= 0.3 is 5.97 Å². The van der Waals surface area contributed by atoms with E-state index in [9.17, 15) is 19.7 Å². The Morgan fingerprint density at radius 2 is 1.93 bits per heavy atom. The molecule has 0 unspecified atom stereocenters. The number of nitrogens with one attached hydrogen (secondary N) is 1. The van der Waals surface area contributed by atoms with Crippen LogP contribution < -0.4 is 14.8 Å². The number of rotatable bonds is 5. The Labute approximate surface area is 171 Å². The van der Waals surface area contributed by atoms with E-state index in [4.69, 9.17) is 14.2 Å². The van der Waals surface area contributed by atoms with E-state index in [-0.39, 0.29) is 31.4 Å². The van der Waals surface area contributed by atoms with Gasteiger partial charge in [0.2, 0.25) is 12.7 Å². The van der Waals surface area contributed by atoms with Crippen molar-refractivity contribution in [3.8, 4) is 11.5 Å². The molecule has 0 fully saturated rings. The van der Waals surface area contributed by atoms with Crippen LogP contribution >= 0.6 is 0 Å². The Bertz CT molecular complexity index is 1060. The first kappa shape index (κ1) is 19.4. The first-order valence-corrected chi connectivity index (χ1v) is 9.23. The number of non-ortho nitro benzene ring substituents is 1. The minimum Gasteiger partial charge on any atom is -0.457 e. The molecule has 1 amide bonds. The number of nitro benzene ring substituents is 1. The summed E-state index contributed by atoms with van der Waals surface area (Å²) < 4.78 is 16.1. The topological polar surface area (TPSA) is 117 Å². The number of fused-ring (bicyclic) bond motifs is 1. The van der Waals surface area contributed by atoms with E-state index in [0.717, 1.165) is 5.56 Å². The highest BCUT2D eigenvalue weighted by Crippen LogP contribution is 2.35. The molecule has 1 atom stereocenters. The average molecular weight is 410 g/mol. The molecule has 30 heavy (non-hydrogen) atoms. The first-order chi connectivity index (χ1) is 14.4.